The van der Waals surface area contributed by atoms with E-state index >= 15 is 0 Å². The van der Waals surface area contributed by atoms with E-state index in [0.29, 0.717) is 19.3 Å². The molecule has 0 saturated carbocycles. The Hall–Kier alpha value is -2.23. The first-order valence-corrected chi connectivity index (χ1v) is 26.1. The zero-order valence-electron chi connectivity index (χ0n) is 39.5. The molecule has 1 aliphatic heterocycles. The van der Waals surface area contributed by atoms with E-state index in [4.69, 9.17) is 23.3 Å². The second kappa shape index (κ2) is 39.9. The normalized spacial score (nSPS) is 20.8. The lowest BCUT2D eigenvalue weighted by Crippen LogP contribution is -2.64. The maximum atomic E-state index is 12.8. The molecule has 1 aliphatic rings. The van der Waals surface area contributed by atoms with Gasteiger partial charge in [0, 0.05) is 19.4 Å². The first-order valence-electron chi connectivity index (χ1n) is 24.6. The molecule has 0 radical (unpaired) electrons. The number of nitrogens with one attached hydrogen (secondary N) is 1. The molecule has 1 unspecified atom stereocenters. The molecule has 0 aromatic carbocycles. The highest BCUT2D eigenvalue weighted by Gasteiger charge is 2.48. The van der Waals surface area contributed by atoms with Gasteiger partial charge in [0.25, 0.3) is 0 Å². The summed E-state index contributed by atoms with van der Waals surface area (Å²) in [5, 5.41) is 42.7. The smallest absolute Gasteiger partial charge is 0.462 e. The quantitative estimate of drug-likeness (QED) is 0.0146. The van der Waals surface area contributed by atoms with Crippen molar-refractivity contribution >= 4 is 19.8 Å². The summed E-state index contributed by atoms with van der Waals surface area (Å²) in [5.74, 6) is -3.22. The molecule has 6 atom stereocenters. The number of hydrogen-bond acceptors (Lipinski definition) is 13. The van der Waals surface area contributed by atoms with Crippen molar-refractivity contribution < 1.29 is 62.7 Å². The Bertz CT molecular complexity index is 1330. The molecule has 0 spiro atoms. The predicted molar refractivity (Wildman–Crippen MR) is 252 cm³/mol. The number of rotatable bonds is 42. The van der Waals surface area contributed by atoms with Gasteiger partial charge >= 0.3 is 19.8 Å². The number of hydrogen-bond donors (Lipinski definition) is 6. The summed E-state index contributed by atoms with van der Waals surface area (Å²) >= 11 is 0. The average molecular weight is 930 g/mol. The second-order valence-electron chi connectivity index (χ2n) is 16.9. The lowest BCUT2D eigenvalue weighted by atomic mass is 9.97. The summed E-state index contributed by atoms with van der Waals surface area (Å²) in [7, 11) is -4.67. The highest BCUT2D eigenvalue weighted by atomic mass is 31.2. The zero-order valence-corrected chi connectivity index (χ0v) is 40.4. The number of phosphoric ester groups is 1. The first kappa shape index (κ1) is 59.8. The van der Waals surface area contributed by atoms with Gasteiger partial charge in [-0.2, -0.15) is 0 Å². The van der Waals surface area contributed by atoms with Crippen LogP contribution in [0.5, 0.6) is 0 Å². The number of aliphatic hydroxyl groups is 4. The van der Waals surface area contributed by atoms with Crippen molar-refractivity contribution in [3.63, 3.8) is 0 Å². The third-order valence-corrected chi connectivity index (χ3v) is 11.9. The molecule has 0 aliphatic carbocycles. The van der Waals surface area contributed by atoms with E-state index in [2.05, 4.69) is 55.6 Å². The SMILES string of the molecule is CCCCC/C=C\C/C=C\C/C=C\C/C=C\CCCC(=O)O[C@H](COC(=O)CCCCCCCCCCCCCCCCC)COP(=O)(O)OCCNC[C@@]1(O)OC[C@@H](O)[C@@H](O)[C@@H]1O. The molecule has 1 saturated heterocycles. The van der Waals surface area contributed by atoms with Crippen molar-refractivity contribution in [2.75, 3.05) is 39.5 Å². The number of carbonyl (C=O) groups is 2. The van der Waals surface area contributed by atoms with Gasteiger partial charge < -0.3 is 44.8 Å². The van der Waals surface area contributed by atoms with Crippen LogP contribution >= 0.6 is 7.82 Å². The molecule has 0 aromatic heterocycles. The van der Waals surface area contributed by atoms with Gasteiger partial charge in [0.05, 0.1) is 26.4 Å². The van der Waals surface area contributed by atoms with Crippen LogP contribution in [0.2, 0.25) is 0 Å². The highest BCUT2D eigenvalue weighted by Crippen LogP contribution is 2.43. The van der Waals surface area contributed by atoms with Crippen LogP contribution in [-0.2, 0) is 37.4 Å². The average Bonchev–Trinajstić information content (AvgIpc) is 3.27. The number of allylic oxidation sites excluding steroid dienone is 8. The summed E-state index contributed by atoms with van der Waals surface area (Å²) in [4.78, 5) is 35.6. The van der Waals surface area contributed by atoms with Gasteiger partial charge in [0.2, 0.25) is 5.79 Å². The summed E-state index contributed by atoms with van der Waals surface area (Å²) in [6.07, 6.45) is 38.3. The highest BCUT2D eigenvalue weighted by molar-refractivity contribution is 7.47. The Kier molecular flexibility index (Phi) is 37.3. The van der Waals surface area contributed by atoms with Crippen LogP contribution in [0.4, 0.5) is 0 Å². The Balaban J connectivity index is 2.45. The number of ether oxygens (including phenoxy) is 3. The topological polar surface area (TPSA) is 211 Å². The Morgan fingerprint density at radius 3 is 1.72 bits per heavy atom. The molecule has 1 rings (SSSR count). The van der Waals surface area contributed by atoms with Crippen LogP contribution < -0.4 is 5.32 Å². The van der Waals surface area contributed by atoms with E-state index in [9.17, 15) is 39.5 Å². The number of unbranched alkanes of at least 4 members (excludes halogenated alkanes) is 18. The lowest BCUT2D eigenvalue weighted by Gasteiger charge is -2.41. The predicted octanol–water partition coefficient (Wildman–Crippen LogP) is 9.37. The summed E-state index contributed by atoms with van der Waals surface area (Å²) in [5.41, 5.74) is 0. The van der Waals surface area contributed by atoms with Gasteiger partial charge in [0.15, 0.2) is 6.10 Å². The van der Waals surface area contributed by atoms with E-state index in [1.54, 1.807) is 0 Å². The van der Waals surface area contributed by atoms with Gasteiger partial charge in [-0.3, -0.25) is 18.6 Å². The van der Waals surface area contributed by atoms with Gasteiger partial charge in [-0.25, -0.2) is 4.57 Å². The maximum Gasteiger partial charge on any atom is 0.472 e. The van der Waals surface area contributed by atoms with Crippen molar-refractivity contribution in [2.45, 2.75) is 211 Å². The van der Waals surface area contributed by atoms with Crippen LogP contribution in [0, 0.1) is 0 Å². The van der Waals surface area contributed by atoms with Crippen molar-refractivity contribution in [1.82, 2.24) is 5.32 Å². The third-order valence-electron chi connectivity index (χ3n) is 10.9. The summed E-state index contributed by atoms with van der Waals surface area (Å²) in [6.45, 7) is 2.26. The number of aliphatic hydroxyl groups excluding tert-OH is 3. The fourth-order valence-corrected chi connectivity index (χ4v) is 7.70. The zero-order chi connectivity index (χ0) is 47.0. The van der Waals surface area contributed by atoms with E-state index in [0.717, 1.165) is 44.9 Å². The minimum absolute atomic E-state index is 0.0846. The van der Waals surface area contributed by atoms with Crippen molar-refractivity contribution in [3.05, 3.63) is 48.6 Å². The van der Waals surface area contributed by atoms with Gasteiger partial charge in [0.1, 0.15) is 24.9 Å². The number of phosphoric acid groups is 1. The third kappa shape index (κ3) is 33.3. The standard InChI is InChI=1S/C49H88NO13P/c1-3-5-7-9-11-13-15-17-19-20-22-24-26-28-30-32-34-36-46(53)63-43(39-59-45(52)35-33-31-29-27-25-23-21-18-16-14-12-10-8-6-4-2)40-62-64(57,58)61-38-37-50-42-49(56)48(55)47(54)44(51)41-60-49/h11,13,17,19,22,24,28,30,43-44,47-48,50-51,54-56H,3-10,12,14-16,18,20-21,23,25-27,29,31-42H2,1-2H3,(H,57,58)/b13-11-,19-17-,24-22-,30-28-/t43-,44-,47-,48+,49-/m1/s1. The largest absolute Gasteiger partial charge is 0.472 e. The molecule has 0 amide bonds. The molecule has 1 heterocycles. The van der Waals surface area contributed by atoms with Crippen molar-refractivity contribution in [3.8, 4) is 0 Å². The van der Waals surface area contributed by atoms with E-state index in [-0.39, 0.29) is 39.1 Å². The van der Waals surface area contributed by atoms with E-state index < -0.39 is 63.2 Å². The maximum absolute atomic E-state index is 12.8. The van der Waals surface area contributed by atoms with E-state index in [1.807, 2.05) is 12.2 Å². The van der Waals surface area contributed by atoms with Gasteiger partial charge in [-0.1, -0.05) is 165 Å². The molecule has 0 bridgehead atoms. The fourth-order valence-electron chi connectivity index (χ4n) is 6.95. The molecule has 372 valence electrons. The van der Waals surface area contributed by atoms with Crippen LogP contribution in [0.15, 0.2) is 48.6 Å². The Labute approximate surface area is 385 Å². The Morgan fingerprint density at radius 2 is 1.16 bits per heavy atom. The molecule has 14 nitrogen and oxygen atoms in total. The minimum Gasteiger partial charge on any atom is -0.462 e. The molecule has 6 N–H and O–H groups in total. The Morgan fingerprint density at radius 1 is 0.672 bits per heavy atom. The van der Waals surface area contributed by atoms with Crippen molar-refractivity contribution in [2.24, 2.45) is 0 Å². The number of esters is 2. The monoisotopic (exact) mass is 930 g/mol. The molecular formula is C49H88NO13P. The minimum atomic E-state index is -4.67. The van der Waals surface area contributed by atoms with E-state index in [1.165, 1.54) is 89.9 Å². The van der Waals surface area contributed by atoms with Crippen LogP contribution in [0.3, 0.4) is 0 Å². The molecular weight excluding hydrogens is 842 g/mol. The van der Waals surface area contributed by atoms with Crippen molar-refractivity contribution in [1.29, 1.82) is 0 Å². The fraction of sp³-hybridized carbons (Fsp3) is 0.796. The van der Waals surface area contributed by atoms with Crippen LogP contribution in [0.1, 0.15) is 181 Å². The molecule has 0 aromatic rings. The first-order chi connectivity index (χ1) is 30.9. The second-order valence-corrected chi connectivity index (χ2v) is 18.4. The number of carbonyl (C=O) groups excluding carboxylic acids is 2. The molecule has 15 heteroatoms. The molecule has 64 heavy (non-hydrogen) atoms. The van der Waals surface area contributed by atoms with Gasteiger partial charge in [-0.15, -0.1) is 0 Å². The lowest BCUT2D eigenvalue weighted by molar-refractivity contribution is -0.317. The molecule has 1 fully saturated rings. The van der Waals surface area contributed by atoms with Crippen LogP contribution in [0.25, 0.3) is 0 Å². The summed E-state index contributed by atoms with van der Waals surface area (Å²) in [6, 6.07) is 0. The van der Waals surface area contributed by atoms with Crippen LogP contribution in [-0.4, -0.2) is 107 Å². The van der Waals surface area contributed by atoms with Gasteiger partial charge in [-0.05, 0) is 51.4 Å². The summed E-state index contributed by atoms with van der Waals surface area (Å²) < 4.78 is 38.7.